The van der Waals surface area contributed by atoms with E-state index in [1.54, 1.807) is 18.2 Å². The highest BCUT2D eigenvalue weighted by molar-refractivity contribution is 6.21. The second kappa shape index (κ2) is 7.55. The molecule has 0 saturated carbocycles. The normalized spacial score (nSPS) is 12.5. The summed E-state index contributed by atoms with van der Waals surface area (Å²) in [5, 5.41) is 11.7. The SMILES string of the molecule is CC(C)Nc1nc(Nc2ccccc2)nc(Nc2ccc3c(c2)C(=O)NC3=O)n1. The molecule has 29 heavy (non-hydrogen) atoms. The number of hydrogen-bond donors (Lipinski definition) is 4. The molecule has 0 saturated heterocycles. The van der Waals surface area contributed by atoms with Crippen molar-refractivity contribution in [2.24, 2.45) is 0 Å². The second-order valence-corrected chi connectivity index (χ2v) is 6.76. The fourth-order valence-corrected chi connectivity index (χ4v) is 2.84. The number of amides is 2. The summed E-state index contributed by atoms with van der Waals surface area (Å²) >= 11 is 0. The van der Waals surface area contributed by atoms with Gasteiger partial charge in [-0.05, 0) is 44.2 Å². The molecule has 0 atom stereocenters. The minimum absolute atomic E-state index is 0.129. The van der Waals surface area contributed by atoms with Crippen molar-refractivity contribution in [1.29, 1.82) is 0 Å². The van der Waals surface area contributed by atoms with Crippen molar-refractivity contribution in [2.45, 2.75) is 19.9 Å². The van der Waals surface area contributed by atoms with Crippen molar-refractivity contribution < 1.29 is 9.59 Å². The predicted molar refractivity (Wildman–Crippen MR) is 110 cm³/mol. The van der Waals surface area contributed by atoms with Crippen molar-refractivity contribution in [2.75, 3.05) is 16.0 Å². The Morgan fingerprint density at radius 1 is 0.759 bits per heavy atom. The average Bonchev–Trinajstić information content (AvgIpc) is 2.95. The van der Waals surface area contributed by atoms with Crippen LogP contribution in [0.2, 0.25) is 0 Å². The first kappa shape index (κ1) is 18.4. The number of nitrogens with one attached hydrogen (secondary N) is 4. The summed E-state index contributed by atoms with van der Waals surface area (Å²) in [7, 11) is 0. The summed E-state index contributed by atoms with van der Waals surface area (Å²) in [6, 6.07) is 14.6. The van der Waals surface area contributed by atoms with Gasteiger partial charge < -0.3 is 16.0 Å². The lowest BCUT2D eigenvalue weighted by Gasteiger charge is -2.13. The van der Waals surface area contributed by atoms with Gasteiger partial charge in [-0.15, -0.1) is 0 Å². The van der Waals surface area contributed by atoms with E-state index in [2.05, 4.69) is 36.2 Å². The van der Waals surface area contributed by atoms with Gasteiger partial charge in [0, 0.05) is 17.4 Å². The molecule has 0 spiro atoms. The number of rotatable bonds is 6. The molecule has 1 aliphatic heterocycles. The Balaban J connectivity index is 1.64. The Kier molecular flexibility index (Phi) is 4.78. The number of carbonyl (C=O) groups excluding carboxylic acids is 2. The number of carbonyl (C=O) groups is 2. The van der Waals surface area contributed by atoms with Crippen LogP contribution in [0.5, 0.6) is 0 Å². The van der Waals surface area contributed by atoms with Crippen LogP contribution in [0, 0.1) is 0 Å². The van der Waals surface area contributed by atoms with E-state index >= 15 is 0 Å². The smallest absolute Gasteiger partial charge is 0.259 e. The zero-order valence-electron chi connectivity index (χ0n) is 15.9. The minimum atomic E-state index is -0.419. The third-order valence-corrected chi connectivity index (χ3v) is 4.08. The molecule has 3 aromatic rings. The Labute approximate surface area is 167 Å². The molecule has 9 nitrogen and oxygen atoms in total. The molecule has 9 heteroatoms. The molecule has 0 radical (unpaired) electrons. The minimum Gasteiger partial charge on any atom is -0.352 e. The Morgan fingerprint density at radius 3 is 2.07 bits per heavy atom. The summed E-state index contributed by atoms with van der Waals surface area (Å²) in [4.78, 5) is 36.8. The summed E-state index contributed by atoms with van der Waals surface area (Å²) in [5.74, 6) is 0.259. The molecule has 146 valence electrons. The zero-order valence-corrected chi connectivity index (χ0v) is 15.9. The summed E-state index contributed by atoms with van der Waals surface area (Å²) in [5.41, 5.74) is 2.09. The van der Waals surface area contributed by atoms with Gasteiger partial charge in [0.1, 0.15) is 0 Å². The van der Waals surface area contributed by atoms with E-state index in [-0.39, 0.29) is 6.04 Å². The lowest BCUT2D eigenvalue weighted by atomic mass is 10.1. The standard InChI is InChI=1S/C20H19N7O2/c1-11(2)21-18-25-19(22-12-6-4-3-5-7-12)27-20(26-18)23-13-8-9-14-15(10-13)17(29)24-16(14)28/h3-11H,1-2H3,(H,24,28,29)(H3,21,22,23,25,26,27). The van der Waals surface area contributed by atoms with Gasteiger partial charge in [-0.25, -0.2) is 0 Å². The monoisotopic (exact) mass is 389 g/mol. The van der Waals surface area contributed by atoms with Gasteiger partial charge in [0.2, 0.25) is 17.8 Å². The highest BCUT2D eigenvalue weighted by Crippen LogP contribution is 2.23. The first-order valence-corrected chi connectivity index (χ1v) is 9.09. The lowest BCUT2D eigenvalue weighted by Crippen LogP contribution is -2.19. The van der Waals surface area contributed by atoms with Gasteiger partial charge in [-0.1, -0.05) is 18.2 Å². The van der Waals surface area contributed by atoms with E-state index in [1.807, 2.05) is 44.2 Å². The number of aromatic nitrogens is 3. The van der Waals surface area contributed by atoms with Crippen LogP contribution >= 0.6 is 0 Å². The van der Waals surface area contributed by atoms with Crippen LogP contribution in [0.15, 0.2) is 48.5 Å². The van der Waals surface area contributed by atoms with E-state index < -0.39 is 11.8 Å². The number of nitrogens with zero attached hydrogens (tertiary/aromatic N) is 3. The Morgan fingerprint density at radius 2 is 1.38 bits per heavy atom. The molecule has 2 heterocycles. The zero-order chi connectivity index (χ0) is 20.4. The van der Waals surface area contributed by atoms with Gasteiger partial charge in [0.05, 0.1) is 11.1 Å². The molecule has 1 aliphatic rings. The van der Waals surface area contributed by atoms with Crippen LogP contribution in [-0.4, -0.2) is 32.8 Å². The van der Waals surface area contributed by atoms with Crippen molar-refractivity contribution in [3.8, 4) is 0 Å². The van der Waals surface area contributed by atoms with Crippen LogP contribution in [0.25, 0.3) is 0 Å². The van der Waals surface area contributed by atoms with Gasteiger partial charge in [0.25, 0.3) is 11.8 Å². The predicted octanol–water partition coefficient (Wildman–Crippen LogP) is 3.06. The fourth-order valence-electron chi connectivity index (χ4n) is 2.84. The fraction of sp³-hybridized carbons (Fsp3) is 0.150. The van der Waals surface area contributed by atoms with Gasteiger partial charge in [-0.3, -0.25) is 14.9 Å². The molecule has 4 rings (SSSR count). The maximum atomic E-state index is 11.9. The van der Waals surface area contributed by atoms with Crippen LogP contribution in [0.3, 0.4) is 0 Å². The highest BCUT2D eigenvalue weighted by Gasteiger charge is 2.26. The van der Waals surface area contributed by atoms with E-state index in [0.29, 0.717) is 34.7 Å². The maximum Gasteiger partial charge on any atom is 0.259 e. The first-order chi connectivity index (χ1) is 14.0. The second-order valence-electron chi connectivity index (χ2n) is 6.76. The van der Waals surface area contributed by atoms with Gasteiger partial charge >= 0.3 is 0 Å². The Bertz CT molecular complexity index is 1080. The highest BCUT2D eigenvalue weighted by atomic mass is 16.2. The molecule has 0 fully saturated rings. The Hall–Kier alpha value is -4.01. The average molecular weight is 389 g/mol. The quantitative estimate of drug-likeness (QED) is 0.475. The number of para-hydroxylation sites is 1. The van der Waals surface area contributed by atoms with E-state index in [0.717, 1.165) is 5.69 Å². The maximum absolute atomic E-state index is 11.9. The molecular weight excluding hydrogens is 370 g/mol. The molecular formula is C20H19N7O2. The van der Waals surface area contributed by atoms with Crippen LogP contribution in [0.4, 0.5) is 29.2 Å². The first-order valence-electron chi connectivity index (χ1n) is 9.09. The van der Waals surface area contributed by atoms with E-state index in [4.69, 9.17) is 0 Å². The van der Waals surface area contributed by atoms with Crippen molar-refractivity contribution in [3.63, 3.8) is 0 Å². The van der Waals surface area contributed by atoms with Gasteiger partial charge in [-0.2, -0.15) is 15.0 Å². The van der Waals surface area contributed by atoms with Crippen molar-refractivity contribution >= 4 is 41.0 Å². The molecule has 4 N–H and O–H groups in total. The third-order valence-electron chi connectivity index (χ3n) is 4.08. The van der Waals surface area contributed by atoms with Crippen LogP contribution in [-0.2, 0) is 0 Å². The third kappa shape index (κ3) is 4.13. The molecule has 2 aromatic carbocycles. The van der Waals surface area contributed by atoms with E-state index in [1.165, 1.54) is 0 Å². The van der Waals surface area contributed by atoms with Crippen molar-refractivity contribution in [1.82, 2.24) is 20.3 Å². The summed E-state index contributed by atoms with van der Waals surface area (Å²) in [6.45, 7) is 3.97. The molecule has 2 amide bonds. The number of anilines is 5. The van der Waals surface area contributed by atoms with Crippen molar-refractivity contribution in [3.05, 3.63) is 59.7 Å². The number of benzene rings is 2. The number of imide groups is 1. The van der Waals surface area contributed by atoms with Crippen LogP contribution < -0.4 is 21.3 Å². The number of hydrogen-bond acceptors (Lipinski definition) is 8. The molecule has 1 aromatic heterocycles. The summed E-state index contributed by atoms with van der Waals surface area (Å²) in [6.07, 6.45) is 0. The topological polar surface area (TPSA) is 121 Å². The number of fused-ring (bicyclic) bond motifs is 1. The van der Waals surface area contributed by atoms with Crippen LogP contribution in [0.1, 0.15) is 34.6 Å². The van der Waals surface area contributed by atoms with Gasteiger partial charge in [0.15, 0.2) is 0 Å². The molecule has 0 bridgehead atoms. The van der Waals surface area contributed by atoms with E-state index in [9.17, 15) is 9.59 Å². The summed E-state index contributed by atoms with van der Waals surface area (Å²) < 4.78 is 0. The molecule has 0 aliphatic carbocycles. The lowest BCUT2D eigenvalue weighted by molar-refractivity contribution is 0.0879. The molecule has 0 unspecified atom stereocenters. The largest absolute Gasteiger partial charge is 0.352 e.